The third-order valence-electron chi connectivity index (χ3n) is 3.19. The van der Waals surface area contributed by atoms with Gasteiger partial charge in [-0.2, -0.15) is 0 Å². The summed E-state index contributed by atoms with van der Waals surface area (Å²) in [5, 5.41) is 0.0362. The molecular formula is C11H16Cl2. The number of allylic oxidation sites excluding steroid dienone is 4. The van der Waals surface area contributed by atoms with Crippen molar-refractivity contribution in [3.63, 3.8) is 0 Å². The highest BCUT2D eigenvalue weighted by atomic mass is 35.5. The van der Waals surface area contributed by atoms with Crippen molar-refractivity contribution >= 4 is 23.2 Å². The normalized spacial score (nSPS) is 21.7. The van der Waals surface area contributed by atoms with E-state index >= 15 is 0 Å². The maximum absolute atomic E-state index is 6.19. The number of halogens is 2. The standard InChI is InChI=1S/C11H16Cl2/c1-6-7(2)9(4)11(8(6)3)10(13)5-12/h10-11H,5H2,1-4H3. The van der Waals surface area contributed by atoms with Gasteiger partial charge in [-0.1, -0.05) is 11.1 Å². The summed E-state index contributed by atoms with van der Waals surface area (Å²) < 4.78 is 0. The topological polar surface area (TPSA) is 0 Å². The molecule has 0 fully saturated rings. The summed E-state index contributed by atoms with van der Waals surface area (Å²) >= 11 is 12.0. The van der Waals surface area contributed by atoms with E-state index in [9.17, 15) is 0 Å². The Labute approximate surface area is 90.6 Å². The quantitative estimate of drug-likeness (QED) is 0.612. The zero-order chi connectivity index (χ0) is 10.2. The SMILES string of the molecule is CC1=C(C)C(C(Cl)CCl)C(C)=C1C. The molecule has 0 aromatic rings. The molecule has 1 aliphatic rings. The Balaban J connectivity index is 3.02. The molecular weight excluding hydrogens is 203 g/mol. The van der Waals surface area contributed by atoms with Gasteiger partial charge < -0.3 is 0 Å². The van der Waals surface area contributed by atoms with Crippen molar-refractivity contribution in [2.24, 2.45) is 5.92 Å². The monoisotopic (exact) mass is 218 g/mol. The first-order chi connectivity index (χ1) is 6.00. The van der Waals surface area contributed by atoms with Crippen molar-refractivity contribution in [2.45, 2.75) is 33.1 Å². The van der Waals surface area contributed by atoms with E-state index in [4.69, 9.17) is 23.2 Å². The lowest BCUT2D eigenvalue weighted by atomic mass is 9.94. The molecule has 2 heteroatoms. The van der Waals surface area contributed by atoms with Gasteiger partial charge in [0.15, 0.2) is 0 Å². The molecule has 0 aliphatic heterocycles. The van der Waals surface area contributed by atoms with Crippen molar-refractivity contribution in [2.75, 3.05) is 5.88 Å². The number of rotatable bonds is 2. The van der Waals surface area contributed by atoms with Crippen LogP contribution in [0.1, 0.15) is 27.7 Å². The summed E-state index contributed by atoms with van der Waals surface area (Å²) in [6, 6.07) is 0. The van der Waals surface area contributed by atoms with Gasteiger partial charge in [-0.3, -0.25) is 0 Å². The Bertz CT molecular complexity index is 250. The molecule has 0 N–H and O–H groups in total. The van der Waals surface area contributed by atoms with Crippen LogP contribution in [0, 0.1) is 5.92 Å². The number of hydrogen-bond acceptors (Lipinski definition) is 0. The van der Waals surface area contributed by atoms with Gasteiger partial charge in [0, 0.05) is 11.8 Å². The maximum atomic E-state index is 6.19. The summed E-state index contributed by atoms with van der Waals surface area (Å²) in [6.45, 7) is 8.63. The molecule has 1 aliphatic carbocycles. The van der Waals surface area contributed by atoms with Crippen LogP contribution in [0.3, 0.4) is 0 Å². The first-order valence-corrected chi connectivity index (χ1v) is 5.53. The average Bonchev–Trinajstić information content (AvgIpc) is 2.30. The lowest BCUT2D eigenvalue weighted by Crippen LogP contribution is -2.17. The molecule has 0 radical (unpaired) electrons. The van der Waals surface area contributed by atoms with Gasteiger partial charge in [0.1, 0.15) is 0 Å². The van der Waals surface area contributed by atoms with Crippen molar-refractivity contribution in [1.29, 1.82) is 0 Å². The van der Waals surface area contributed by atoms with Gasteiger partial charge >= 0.3 is 0 Å². The van der Waals surface area contributed by atoms with E-state index in [2.05, 4.69) is 27.7 Å². The minimum atomic E-state index is 0.0362. The van der Waals surface area contributed by atoms with Crippen molar-refractivity contribution in [3.05, 3.63) is 22.3 Å². The van der Waals surface area contributed by atoms with Crippen LogP contribution in [-0.4, -0.2) is 11.3 Å². The fraction of sp³-hybridized carbons (Fsp3) is 0.636. The molecule has 0 aromatic carbocycles. The molecule has 0 amide bonds. The molecule has 1 atom stereocenters. The first kappa shape index (κ1) is 11.1. The van der Waals surface area contributed by atoms with Crippen LogP contribution in [-0.2, 0) is 0 Å². The van der Waals surface area contributed by atoms with Gasteiger partial charge in [0.05, 0.1) is 5.38 Å². The predicted molar refractivity (Wildman–Crippen MR) is 60.6 cm³/mol. The van der Waals surface area contributed by atoms with Crippen LogP contribution >= 0.6 is 23.2 Å². The fourth-order valence-corrected chi connectivity index (χ4v) is 2.57. The Morgan fingerprint density at radius 2 is 1.46 bits per heavy atom. The van der Waals surface area contributed by atoms with Gasteiger partial charge in [-0.05, 0) is 38.8 Å². The molecule has 0 saturated heterocycles. The van der Waals surface area contributed by atoms with Crippen molar-refractivity contribution in [3.8, 4) is 0 Å². The van der Waals surface area contributed by atoms with E-state index in [-0.39, 0.29) is 5.38 Å². The van der Waals surface area contributed by atoms with E-state index in [1.165, 1.54) is 22.3 Å². The molecule has 74 valence electrons. The van der Waals surface area contributed by atoms with Crippen LogP contribution in [0.2, 0.25) is 0 Å². The van der Waals surface area contributed by atoms with Crippen LogP contribution < -0.4 is 0 Å². The second-order valence-corrected chi connectivity index (χ2v) is 4.63. The fourth-order valence-electron chi connectivity index (χ4n) is 2.01. The van der Waals surface area contributed by atoms with Gasteiger partial charge in [0.2, 0.25) is 0 Å². The third kappa shape index (κ3) is 1.80. The zero-order valence-corrected chi connectivity index (χ0v) is 10.1. The van der Waals surface area contributed by atoms with Gasteiger partial charge in [-0.15, -0.1) is 23.2 Å². The van der Waals surface area contributed by atoms with Crippen LogP contribution in [0.5, 0.6) is 0 Å². The Hall–Kier alpha value is 0.0600. The highest BCUT2D eigenvalue weighted by molar-refractivity contribution is 6.28. The highest BCUT2D eigenvalue weighted by Crippen LogP contribution is 2.40. The summed E-state index contributed by atoms with van der Waals surface area (Å²) in [6.07, 6.45) is 0. The van der Waals surface area contributed by atoms with E-state index < -0.39 is 0 Å². The molecule has 0 heterocycles. The smallest absolute Gasteiger partial charge is 0.0574 e. The highest BCUT2D eigenvalue weighted by Gasteiger charge is 2.29. The predicted octanol–water partition coefficient (Wildman–Crippen LogP) is 4.14. The van der Waals surface area contributed by atoms with E-state index in [1.54, 1.807) is 0 Å². The largest absolute Gasteiger partial charge is 0.125 e. The summed E-state index contributed by atoms with van der Waals surface area (Å²) in [7, 11) is 0. The first-order valence-electron chi connectivity index (χ1n) is 4.55. The summed E-state index contributed by atoms with van der Waals surface area (Å²) in [4.78, 5) is 0. The molecule has 13 heavy (non-hydrogen) atoms. The molecule has 0 saturated carbocycles. The van der Waals surface area contributed by atoms with Crippen LogP contribution in [0.15, 0.2) is 22.3 Å². The van der Waals surface area contributed by atoms with Crippen molar-refractivity contribution < 1.29 is 0 Å². The Morgan fingerprint density at radius 1 is 1.08 bits per heavy atom. The maximum Gasteiger partial charge on any atom is 0.0574 e. The van der Waals surface area contributed by atoms with E-state index in [0.717, 1.165) is 0 Å². The average molecular weight is 219 g/mol. The lowest BCUT2D eigenvalue weighted by Gasteiger charge is -2.18. The van der Waals surface area contributed by atoms with Crippen LogP contribution in [0.25, 0.3) is 0 Å². The molecule has 1 rings (SSSR count). The minimum Gasteiger partial charge on any atom is -0.125 e. The van der Waals surface area contributed by atoms with Gasteiger partial charge in [0.25, 0.3) is 0 Å². The molecule has 0 nitrogen and oxygen atoms in total. The summed E-state index contributed by atoms with van der Waals surface area (Å²) in [5.41, 5.74) is 5.54. The zero-order valence-electron chi connectivity index (χ0n) is 8.62. The Morgan fingerprint density at radius 3 is 1.77 bits per heavy atom. The molecule has 0 aromatic heterocycles. The molecule has 0 spiro atoms. The van der Waals surface area contributed by atoms with E-state index in [0.29, 0.717) is 11.8 Å². The molecule has 0 bridgehead atoms. The van der Waals surface area contributed by atoms with Crippen molar-refractivity contribution in [1.82, 2.24) is 0 Å². The second kappa shape index (κ2) is 4.06. The van der Waals surface area contributed by atoms with Gasteiger partial charge in [-0.25, -0.2) is 0 Å². The lowest BCUT2D eigenvalue weighted by molar-refractivity contribution is 0.707. The summed E-state index contributed by atoms with van der Waals surface area (Å²) in [5.74, 6) is 0.876. The number of alkyl halides is 2. The van der Waals surface area contributed by atoms with E-state index in [1.807, 2.05) is 0 Å². The minimum absolute atomic E-state index is 0.0362. The van der Waals surface area contributed by atoms with Crippen LogP contribution in [0.4, 0.5) is 0 Å². The molecule has 1 unspecified atom stereocenters. The number of hydrogen-bond donors (Lipinski definition) is 0. The third-order valence-corrected chi connectivity index (χ3v) is 4.08. The second-order valence-electron chi connectivity index (χ2n) is 3.76. The Kier molecular flexibility index (Phi) is 3.48.